The maximum Gasteiger partial charge on any atom is 0.139 e. The molecule has 1 nitrogen and oxygen atoms in total. The summed E-state index contributed by atoms with van der Waals surface area (Å²) in [5, 5.41) is 0. The van der Waals surface area contributed by atoms with Gasteiger partial charge in [-0.05, 0) is 48.3 Å². The molecule has 0 aromatic heterocycles. The molecule has 0 aliphatic heterocycles. The molecule has 0 aromatic rings. The zero-order valence-electron chi connectivity index (χ0n) is 11.8. The van der Waals surface area contributed by atoms with Crippen molar-refractivity contribution >= 4 is 5.78 Å². The van der Waals surface area contributed by atoms with Crippen molar-refractivity contribution in [3.05, 3.63) is 0 Å². The van der Waals surface area contributed by atoms with E-state index in [0.29, 0.717) is 17.1 Å². The summed E-state index contributed by atoms with van der Waals surface area (Å²) >= 11 is 0. The monoisotopic (exact) mass is 234 g/mol. The van der Waals surface area contributed by atoms with Crippen LogP contribution in [-0.2, 0) is 4.79 Å². The lowest BCUT2D eigenvalue weighted by Gasteiger charge is -2.64. The van der Waals surface area contributed by atoms with Crippen LogP contribution >= 0.6 is 0 Å². The van der Waals surface area contributed by atoms with Gasteiger partial charge in [0.1, 0.15) is 5.78 Å². The van der Waals surface area contributed by atoms with E-state index in [1.807, 2.05) is 0 Å². The van der Waals surface area contributed by atoms with Gasteiger partial charge in [-0.3, -0.25) is 4.79 Å². The van der Waals surface area contributed by atoms with Gasteiger partial charge in [0.2, 0.25) is 0 Å². The molecule has 0 bridgehead atoms. The van der Waals surface area contributed by atoms with Crippen LogP contribution < -0.4 is 0 Å². The third-order valence-electron chi connectivity index (χ3n) is 6.31. The zero-order valence-corrected chi connectivity index (χ0v) is 11.8. The van der Waals surface area contributed by atoms with Gasteiger partial charge in [0.25, 0.3) is 0 Å². The maximum atomic E-state index is 12.5. The predicted molar refractivity (Wildman–Crippen MR) is 69.6 cm³/mol. The minimum absolute atomic E-state index is 0.148. The Morgan fingerprint density at radius 1 is 1.24 bits per heavy atom. The molecule has 0 unspecified atom stereocenters. The van der Waals surface area contributed by atoms with Crippen LogP contribution in [0.1, 0.15) is 59.8 Å². The highest BCUT2D eigenvalue weighted by Gasteiger charge is 2.69. The van der Waals surface area contributed by atoms with Crippen molar-refractivity contribution in [1.82, 2.24) is 0 Å². The molecule has 1 heteroatoms. The molecular formula is C16H26O. The van der Waals surface area contributed by atoms with Gasteiger partial charge in [-0.25, -0.2) is 0 Å². The fourth-order valence-electron chi connectivity index (χ4n) is 5.73. The van der Waals surface area contributed by atoms with Crippen molar-refractivity contribution in [3.63, 3.8) is 0 Å². The van der Waals surface area contributed by atoms with Crippen molar-refractivity contribution in [1.29, 1.82) is 0 Å². The summed E-state index contributed by atoms with van der Waals surface area (Å²) in [7, 11) is 0. The van der Waals surface area contributed by atoms with Gasteiger partial charge in [0.05, 0.1) is 0 Å². The summed E-state index contributed by atoms with van der Waals surface area (Å²) < 4.78 is 0. The van der Waals surface area contributed by atoms with E-state index in [1.165, 1.54) is 19.3 Å². The van der Waals surface area contributed by atoms with Crippen molar-refractivity contribution in [3.8, 4) is 0 Å². The van der Waals surface area contributed by atoms with E-state index in [0.717, 1.165) is 30.6 Å². The molecule has 0 amide bonds. The van der Waals surface area contributed by atoms with Gasteiger partial charge in [0, 0.05) is 11.8 Å². The third-order valence-corrected chi connectivity index (χ3v) is 6.31. The molecule has 0 N–H and O–H groups in total. The maximum absolute atomic E-state index is 12.5. The Hall–Kier alpha value is -0.330. The molecule has 3 aliphatic carbocycles. The molecule has 0 radical (unpaired) electrons. The lowest BCUT2D eigenvalue weighted by Crippen LogP contribution is -2.63. The molecule has 0 aromatic carbocycles. The third kappa shape index (κ3) is 1.29. The van der Waals surface area contributed by atoms with Crippen LogP contribution in [0, 0.1) is 34.5 Å². The van der Waals surface area contributed by atoms with E-state index in [2.05, 4.69) is 27.7 Å². The largest absolute Gasteiger partial charge is 0.299 e. The highest BCUT2D eigenvalue weighted by molar-refractivity contribution is 5.88. The zero-order chi connectivity index (χ0) is 12.4. The highest BCUT2D eigenvalue weighted by atomic mass is 16.1. The molecule has 1 spiro atoms. The van der Waals surface area contributed by atoms with Gasteiger partial charge < -0.3 is 0 Å². The second-order valence-corrected chi connectivity index (χ2v) is 7.86. The van der Waals surface area contributed by atoms with Crippen LogP contribution in [0.3, 0.4) is 0 Å². The minimum atomic E-state index is 0.148. The van der Waals surface area contributed by atoms with E-state index in [4.69, 9.17) is 0 Å². The first-order valence-electron chi connectivity index (χ1n) is 7.42. The van der Waals surface area contributed by atoms with Crippen LogP contribution in [0.25, 0.3) is 0 Å². The van der Waals surface area contributed by atoms with Crippen molar-refractivity contribution in [2.75, 3.05) is 0 Å². The molecule has 3 saturated carbocycles. The van der Waals surface area contributed by atoms with Gasteiger partial charge in [-0.1, -0.05) is 34.1 Å². The van der Waals surface area contributed by atoms with E-state index in [9.17, 15) is 4.79 Å². The van der Waals surface area contributed by atoms with Crippen LogP contribution in [-0.4, -0.2) is 5.78 Å². The van der Waals surface area contributed by atoms with E-state index < -0.39 is 0 Å². The van der Waals surface area contributed by atoms with Crippen molar-refractivity contribution < 1.29 is 4.79 Å². The van der Waals surface area contributed by atoms with E-state index >= 15 is 0 Å². The molecule has 0 heterocycles. The Labute approximate surface area is 105 Å². The van der Waals surface area contributed by atoms with Gasteiger partial charge in [-0.15, -0.1) is 0 Å². The summed E-state index contributed by atoms with van der Waals surface area (Å²) in [6.07, 6.45) is 5.83. The van der Waals surface area contributed by atoms with Gasteiger partial charge in [0.15, 0.2) is 0 Å². The predicted octanol–water partition coefficient (Wildman–Crippen LogP) is 4.06. The lowest BCUT2D eigenvalue weighted by atomic mass is 9.39. The molecule has 3 fully saturated rings. The van der Waals surface area contributed by atoms with Crippen LogP contribution in [0.5, 0.6) is 0 Å². The lowest BCUT2D eigenvalue weighted by molar-refractivity contribution is -0.185. The molecule has 96 valence electrons. The average Bonchev–Trinajstić information content (AvgIpc) is 2.60. The normalized spacial score (nSPS) is 49.5. The SMILES string of the molecule is C[C@H]1[C@@H]2[C@@H](C(C)(C)C)CCC(=O)[C@@]23CCC[C@@H]13. The Morgan fingerprint density at radius 3 is 2.59 bits per heavy atom. The Balaban J connectivity index is 1.98. The summed E-state index contributed by atoms with van der Waals surface area (Å²) in [6, 6.07) is 0. The standard InChI is InChI=1S/C16H26O/c1-10-11-6-5-9-16(11)13(17)8-7-12(14(10)16)15(2,3)4/h10-12,14H,5-9H2,1-4H3/t10-,11+,12+,14-,16+/m1/s1. The smallest absolute Gasteiger partial charge is 0.139 e. The second-order valence-electron chi connectivity index (χ2n) is 7.86. The molecule has 3 aliphatic rings. The number of Topliss-reactive ketones (excluding diaryl/α,β-unsaturated/α-hetero) is 1. The quantitative estimate of drug-likeness (QED) is 0.617. The molecule has 0 saturated heterocycles. The summed E-state index contributed by atoms with van der Waals surface area (Å²) in [6.45, 7) is 9.53. The van der Waals surface area contributed by atoms with Gasteiger partial charge in [-0.2, -0.15) is 0 Å². The number of carbonyl (C=O) groups excluding carboxylic acids is 1. The van der Waals surface area contributed by atoms with Crippen LogP contribution in [0.15, 0.2) is 0 Å². The Kier molecular flexibility index (Phi) is 2.32. The van der Waals surface area contributed by atoms with Crippen LogP contribution in [0.4, 0.5) is 0 Å². The first-order valence-corrected chi connectivity index (χ1v) is 7.42. The Morgan fingerprint density at radius 2 is 1.94 bits per heavy atom. The topological polar surface area (TPSA) is 17.1 Å². The average molecular weight is 234 g/mol. The Bertz CT molecular complexity index is 351. The molecular weight excluding hydrogens is 208 g/mol. The van der Waals surface area contributed by atoms with E-state index in [-0.39, 0.29) is 5.41 Å². The molecule has 3 rings (SSSR count). The number of hydrogen-bond donors (Lipinski definition) is 0. The van der Waals surface area contributed by atoms with Gasteiger partial charge >= 0.3 is 0 Å². The molecule has 5 atom stereocenters. The fourth-order valence-corrected chi connectivity index (χ4v) is 5.73. The number of rotatable bonds is 0. The number of carbonyl (C=O) groups is 1. The summed E-state index contributed by atoms with van der Waals surface area (Å²) in [5.74, 6) is 3.64. The highest BCUT2D eigenvalue weighted by Crippen LogP contribution is 2.71. The second kappa shape index (κ2) is 3.36. The summed E-state index contributed by atoms with van der Waals surface area (Å²) in [4.78, 5) is 12.5. The molecule has 17 heavy (non-hydrogen) atoms. The minimum Gasteiger partial charge on any atom is -0.299 e. The summed E-state index contributed by atoms with van der Waals surface area (Å²) in [5.41, 5.74) is 0.524. The fraction of sp³-hybridized carbons (Fsp3) is 0.938. The number of ketones is 1. The van der Waals surface area contributed by atoms with Crippen molar-refractivity contribution in [2.45, 2.75) is 59.8 Å². The van der Waals surface area contributed by atoms with Crippen LogP contribution in [0.2, 0.25) is 0 Å². The first kappa shape index (κ1) is 11.7. The number of hydrogen-bond acceptors (Lipinski definition) is 1. The van der Waals surface area contributed by atoms with Crippen molar-refractivity contribution in [2.24, 2.45) is 34.5 Å². The van der Waals surface area contributed by atoms with E-state index in [1.54, 1.807) is 0 Å². The first-order chi connectivity index (χ1) is 7.89.